The molecule has 3 aromatic rings. The number of anilines is 1. The van der Waals surface area contributed by atoms with Crippen molar-refractivity contribution in [2.45, 2.75) is 30.3 Å². The number of aromatic nitrogens is 2. The summed E-state index contributed by atoms with van der Waals surface area (Å²) in [5, 5.41) is 16.2. The molecule has 3 aromatic heterocycles. The largest absolute Gasteiger partial charge is 0.417 e. The van der Waals surface area contributed by atoms with Gasteiger partial charge in [0.2, 0.25) is 5.91 Å². The molecule has 11 heteroatoms. The van der Waals surface area contributed by atoms with Gasteiger partial charge in [0.1, 0.15) is 16.9 Å². The number of carbonyl (C=O) groups is 1. The third-order valence-corrected chi connectivity index (χ3v) is 5.69. The topological polar surface area (TPSA) is 91.8 Å². The van der Waals surface area contributed by atoms with E-state index in [1.807, 2.05) is 0 Å². The third-order valence-electron chi connectivity index (χ3n) is 3.71. The second kappa shape index (κ2) is 8.26. The van der Waals surface area contributed by atoms with Crippen LogP contribution in [0, 0.1) is 18.3 Å². The monoisotopic (exact) mass is 438 g/mol. The van der Waals surface area contributed by atoms with E-state index in [9.17, 15) is 23.2 Å². The van der Waals surface area contributed by atoms with Crippen molar-refractivity contribution < 1.29 is 22.5 Å². The zero-order chi connectivity index (χ0) is 21.2. The summed E-state index contributed by atoms with van der Waals surface area (Å²) in [6.45, 7) is 3.15. The average molecular weight is 438 g/mol. The smallest absolute Gasteiger partial charge is 0.360 e. The molecular formula is C18H13F3N4O2S2. The molecule has 0 spiro atoms. The molecule has 0 aliphatic carbocycles. The zero-order valence-electron chi connectivity index (χ0n) is 15.1. The van der Waals surface area contributed by atoms with Crippen molar-refractivity contribution in [2.24, 2.45) is 0 Å². The van der Waals surface area contributed by atoms with Gasteiger partial charge in [-0.25, -0.2) is 4.98 Å². The number of nitriles is 1. The second-order valence-electron chi connectivity index (χ2n) is 5.89. The number of aryl methyl sites for hydroxylation is 1. The summed E-state index contributed by atoms with van der Waals surface area (Å²) in [4.78, 5) is 17.1. The summed E-state index contributed by atoms with van der Waals surface area (Å²) in [7, 11) is 0. The van der Waals surface area contributed by atoms with Crippen LogP contribution in [0.1, 0.15) is 23.8 Å². The number of rotatable bonds is 5. The number of thiophene rings is 1. The second-order valence-corrected chi connectivity index (χ2v) is 8.17. The lowest BCUT2D eigenvalue weighted by molar-refractivity contribution is -0.138. The van der Waals surface area contributed by atoms with Gasteiger partial charge >= 0.3 is 6.18 Å². The fraction of sp³-hybridized carbons (Fsp3) is 0.222. The molecule has 3 rings (SSSR count). The summed E-state index contributed by atoms with van der Waals surface area (Å²) in [5.41, 5.74) is -1.60. The van der Waals surface area contributed by atoms with Crippen LogP contribution in [0.5, 0.6) is 0 Å². The number of amides is 1. The Kier molecular flexibility index (Phi) is 5.95. The lowest BCUT2D eigenvalue weighted by Gasteiger charge is -2.16. The summed E-state index contributed by atoms with van der Waals surface area (Å²) >= 11 is 2.00. The Hall–Kier alpha value is -2.84. The SMILES string of the molecule is Cc1cc(NC(=O)[C@@H](C)Sc2nc(-c3cccs3)cc(C(F)(F)F)c2C#N)no1. The van der Waals surface area contributed by atoms with Gasteiger partial charge < -0.3 is 9.84 Å². The molecule has 0 bridgehead atoms. The van der Waals surface area contributed by atoms with E-state index in [-0.39, 0.29) is 16.5 Å². The van der Waals surface area contributed by atoms with Crippen LogP contribution in [-0.4, -0.2) is 21.3 Å². The molecule has 1 atom stereocenters. The van der Waals surface area contributed by atoms with E-state index < -0.39 is 28.5 Å². The van der Waals surface area contributed by atoms with Gasteiger partial charge in [-0.3, -0.25) is 4.79 Å². The molecule has 29 heavy (non-hydrogen) atoms. The number of thioether (sulfide) groups is 1. The molecule has 6 nitrogen and oxygen atoms in total. The highest BCUT2D eigenvalue weighted by molar-refractivity contribution is 8.00. The van der Waals surface area contributed by atoms with Crippen LogP contribution in [0.25, 0.3) is 10.6 Å². The lowest BCUT2D eigenvalue weighted by Crippen LogP contribution is -2.23. The number of nitrogens with zero attached hydrogens (tertiary/aromatic N) is 3. The minimum absolute atomic E-state index is 0.0913. The van der Waals surface area contributed by atoms with Crippen LogP contribution in [0.4, 0.5) is 19.0 Å². The normalized spacial score (nSPS) is 12.4. The maximum atomic E-state index is 13.5. The van der Waals surface area contributed by atoms with Crippen molar-refractivity contribution in [1.29, 1.82) is 5.26 Å². The molecule has 0 saturated heterocycles. The standard InChI is InChI=1S/C18H13F3N4O2S2/c1-9-6-15(25-27-9)24-16(26)10(2)29-17-11(8-22)12(18(19,20)21)7-13(23-17)14-4-3-5-28-14/h3-7,10H,1-2H3,(H,24,25,26)/t10-/m1/s1. The number of pyridine rings is 1. The summed E-state index contributed by atoms with van der Waals surface area (Å²) in [6, 6.07) is 7.27. The first-order valence-electron chi connectivity index (χ1n) is 8.16. The van der Waals surface area contributed by atoms with Gasteiger partial charge in [0.15, 0.2) is 5.82 Å². The fourth-order valence-corrected chi connectivity index (χ4v) is 3.97. The minimum atomic E-state index is -4.74. The summed E-state index contributed by atoms with van der Waals surface area (Å²) in [6.07, 6.45) is -4.74. The highest BCUT2D eigenvalue weighted by Gasteiger charge is 2.36. The van der Waals surface area contributed by atoms with E-state index in [0.29, 0.717) is 10.6 Å². The van der Waals surface area contributed by atoms with Crippen molar-refractivity contribution in [2.75, 3.05) is 5.32 Å². The van der Waals surface area contributed by atoms with Crippen LogP contribution < -0.4 is 5.32 Å². The Morgan fingerprint density at radius 2 is 2.17 bits per heavy atom. The molecule has 0 saturated carbocycles. The molecule has 0 aliphatic rings. The van der Waals surface area contributed by atoms with Crippen LogP contribution in [0.15, 0.2) is 39.2 Å². The number of hydrogen-bond acceptors (Lipinski definition) is 7. The Morgan fingerprint density at radius 3 is 2.72 bits per heavy atom. The van der Waals surface area contributed by atoms with Crippen molar-refractivity contribution in [3.63, 3.8) is 0 Å². The van der Waals surface area contributed by atoms with E-state index in [4.69, 9.17) is 4.52 Å². The predicted octanol–water partition coefficient (Wildman–Crippen LogP) is 5.12. The third kappa shape index (κ3) is 4.78. The van der Waals surface area contributed by atoms with Crippen LogP contribution in [0.2, 0.25) is 0 Å². The predicted molar refractivity (Wildman–Crippen MR) is 102 cm³/mol. The molecule has 0 fully saturated rings. The maximum Gasteiger partial charge on any atom is 0.417 e. The maximum absolute atomic E-state index is 13.5. The van der Waals surface area contributed by atoms with E-state index in [2.05, 4.69) is 15.5 Å². The van der Waals surface area contributed by atoms with Crippen LogP contribution >= 0.6 is 23.1 Å². The first kappa shape index (κ1) is 20.9. The van der Waals surface area contributed by atoms with Gasteiger partial charge in [-0.15, -0.1) is 11.3 Å². The van der Waals surface area contributed by atoms with Crippen molar-refractivity contribution in [3.05, 3.63) is 46.5 Å². The Bertz CT molecular complexity index is 1070. The van der Waals surface area contributed by atoms with Gasteiger partial charge in [0.05, 0.1) is 26.9 Å². The number of alkyl halides is 3. The highest BCUT2D eigenvalue weighted by atomic mass is 32.2. The zero-order valence-corrected chi connectivity index (χ0v) is 16.7. The van der Waals surface area contributed by atoms with Crippen molar-refractivity contribution >= 4 is 34.8 Å². The summed E-state index contributed by atoms with van der Waals surface area (Å²) in [5.74, 6) is 0.174. The molecule has 1 N–H and O–H groups in total. The number of hydrogen-bond donors (Lipinski definition) is 1. The molecule has 3 heterocycles. The molecular weight excluding hydrogens is 425 g/mol. The van der Waals surface area contributed by atoms with E-state index in [0.717, 1.165) is 17.8 Å². The molecule has 0 unspecified atom stereocenters. The van der Waals surface area contributed by atoms with Gasteiger partial charge in [-0.05, 0) is 31.4 Å². The van der Waals surface area contributed by atoms with Gasteiger partial charge in [0, 0.05) is 6.07 Å². The van der Waals surface area contributed by atoms with E-state index in [1.165, 1.54) is 24.3 Å². The molecule has 0 aliphatic heterocycles. The number of carbonyl (C=O) groups excluding carboxylic acids is 1. The molecule has 150 valence electrons. The lowest BCUT2D eigenvalue weighted by atomic mass is 10.1. The Balaban J connectivity index is 1.95. The quantitative estimate of drug-likeness (QED) is 0.556. The van der Waals surface area contributed by atoms with Crippen molar-refractivity contribution in [1.82, 2.24) is 10.1 Å². The Morgan fingerprint density at radius 1 is 1.41 bits per heavy atom. The first-order chi connectivity index (χ1) is 13.7. The molecule has 0 aromatic carbocycles. The molecule has 1 amide bonds. The van der Waals surface area contributed by atoms with Gasteiger partial charge in [-0.2, -0.15) is 18.4 Å². The number of nitrogens with one attached hydrogen (secondary N) is 1. The van der Waals surface area contributed by atoms with Crippen LogP contribution in [-0.2, 0) is 11.0 Å². The van der Waals surface area contributed by atoms with E-state index in [1.54, 1.807) is 30.5 Å². The van der Waals surface area contributed by atoms with Gasteiger partial charge in [0.25, 0.3) is 0 Å². The van der Waals surface area contributed by atoms with E-state index >= 15 is 0 Å². The fourth-order valence-electron chi connectivity index (χ4n) is 2.36. The van der Waals surface area contributed by atoms with Crippen LogP contribution in [0.3, 0.4) is 0 Å². The summed E-state index contributed by atoms with van der Waals surface area (Å²) < 4.78 is 45.5. The highest BCUT2D eigenvalue weighted by Crippen LogP contribution is 2.39. The Labute approximate surface area is 171 Å². The molecule has 0 radical (unpaired) electrons. The first-order valence-corrected chi connectivity index (χ1v) is 9.92. The van der Waals surface area contributed by atoms with Crippen molar-refractivity contribution in [3.8, 4) is 16.6 Å². The van der Waals surface area contributed by atoms with Gasteiger partial charge in [-0.1, -0.05) is 23.0 Å². The number of halogens is 3. The average Bonchev–Trinajstić information content (AvgIpc) is 3.32. The minimum Gasteiger partial charge on any atom is -0.360 e.